The normalized spacial score (nSPS) is 11.8. The molecule has 3 heteroatoms. The Bertz CT molecular complexity index is 377. The van der Waals surface area contributed by atoms with Gasteiger partial charge in [0.25, 0.3) is 0 Å². The predicted molar refractivity (Wildman–Crippen MR) is 79.4 cm³/mol. The Hall–Kier alpha value is -0.410. The maximum absolute atomic E-state index is 13.4. The molecule has 0 fully saturated rings. The molecule has 1 rings (SSSR count). The van der Waals surface area contributed by atoms with Gasteiger partial charge in [-0.15, -0.1) is 0 Å². The predicted octanol–water partition coefficient (Wildman–Crippen LogP) is 4.55. The van der Waals surface area contributed by atoms with Crippen molar-refractivity contribution < 1.29 is 4.39 Å². The molecule has 0 aliphatic rings. The topological polar surface area (TPSA) is 12.0 Å². The molecule has 1 aromatic carbocycles. The highest BCUT2D eigenvalue weighted by molar-refractivity contribution is 9.10. The summed E-state index contributed by atoms with van der Waals surface area (Å²) in [5.41, 5.74) is 1.23. The van der Waals surface area contributed by atoms with Crippen molar-refractivity contribution in [3.63, 3.8) is 0 Å². The molecule has 0 aliphatic carbocycles. The summed E-state index contributed by atoms with van der Waals surface area (Å²) in [5, 5.41) is 3.42. The van der Waals surface area contributed by atoms with E-state index in [0.29, 0.717) is 4.47 Å². The lowest BCUT2D eigenvalue weighted by Gasteiger charge is -2.25. The molecule has 102 valence electrons. The maximum atomic E-state index is 13.4. The zero-order valence-electron chi connectivity index (χ0n) is 11.5. The van der Waals surface area contributed by atoms with Crippen molar-refractivity contribution in [1.29, 1.82) is 0 Å². The van der Waals surface area contributed by atoms with E-state index >= 15 is 0 Å². The number of halogens is 2. The van der Waals surface area contributed by atoms with E-state index in [-0.39, 0.29) is 11.2 Å². The standard InChI is InChI=1S/C15H23BrFN/c1-4-9-18-10-8-15(2,3)11-12-6-5-7-13(17)14(12)16/h5-7,18H,4,8-11H2,1-3H3. The summed E-state index contributed by atoms with van der Waals surface area (Å²) < 4.78 is 14.1. The fourth-order valence-corrected chi connectivity index (χ4v) is 2.42. The molecular formula is C15H23BrFN. The average molecular weight is 316 g/mol. The lowest BCUT2D eigenvalue weighted by molar-refractivity contribution is 0.324. The molecule has 0 bridgehead atoms. The minimum Gasteiger partial charge on any atom is -0.317 e. The third-order valence-electron chi connectivity index (χ3n) is 3.11. The van der Waals surface area contributed by atoms with Gasteiger partial charge < -0.3 is 5.32 Å². The second kappa shape index (κ2) is 7.25. The van der Waals surface area contributed by atoms with Crippen LogP contribution in [0.4, 0.5) is 4.39 Å². The zero-order valence-corrected chi connectivity index (χ0v) is 13.1. The first-order chi connectivity index (χ1) is 8.46. The highest BCUT2D eigenvalue weighted by Crippen LogP contribution is 2.30. The quantitative estimate of drug-likeness (QED) is 0.728. The van der Waals surface area contributed by atoms with Crippen LogP contribution < -0.4 is 5.32 Å². The molecule has 0 saturated heterocycles. The lowest BCUT2D eigenvalue weighted by Crippen LogP contribution is -2.24. The molecule has 0 saturated carbocycles. The first-order valence-electron chi connectivity index (χ1n) is 6.60. The van der Waals surface area contributed by atoms with E-state index in [0.717, 1.165) is 37.9 Å². The molecule has 0 atom stereocenters. The van der Waals surface area contributed by atoms with Gasteiger partial charge in [-0.25, -0.2) is 4.39 Å². The molecule has 0 amide bonds. The molecule has 0 heterocycles. The number of benzene rings is 1. The number of hydrogen-bond donors (Lipinski definition) is 1. The van der Waals surface area contributed by atoms with Crippen LogP contribution in [0.5, 0.6) is 0 Å². The van der Waals surface area contributed by atoms with E-state index in [1.165, 1.54) is 6.07 Å². The van der Waals surface area contributed by atoms with Crippen molar-refractivity contribution in [2.75, 3.05) is 13.1 Å². The smallest absolute Gasteiger partial charge is 0.137 e. The average Bonchev–Trinajstić information content (AvgIpc) is 2.31. The molecule has 0 spiro atoms. The van der Waals surface area contributed by atoms with Gasteiger partial charge in [-0.1, -0.05) is 32.9 Å². The highest BCUT2D eigenvalue weighted by atomic mass is 79.9. The Balaban J connectivity index is 2.56. The molecule has 1 N–H and O–H groups in total. The SMILES string of the molecule is CCCNCCC(C)(C)Cc1cccc(F)c1Br. The van der Waals surface area contributed by atoms with Gasteiger partial charge in [0.15, 0.2) is 0 Å². The molecule has 0 aromatic heterocycles. The summed E-state index contributed by atoms with van der Waals surface area (Å²) in [6, 6.07) is 5.26. The van der Waals surface area contributed by atoms with Crippen molar-refractivity contribution >= 4 is 15.9 Å². The maximum Gasteiger partial charge on any atom is 0.137 e. The van der Waals surface area contributed by atoms with Gasteiger partial charge in [-0.05, 0) is 65.3 Å². The van der Waals surface area contributed by atoms with Crippen molar-refractivity contribution in [2.24, 2.45) is 5.41 Å². The summed E-state index contributed by atoms with van der Waals surface area (Å²) in [5.74, 6) is -0.174. The monoisotopic (exact) mass is 315 g/mol. The van der Waals surface area contributed by atoms with Gasteiger partial charge in [-0.3, -0.25) is 0 Å². The lowest BCUT2D eigenvalue weighted by atomic mass is 9.82. The molecule has 1 aromatic rings. The molecular weight excluding hydrogens is 293 g/mol. The molecule has 1 nitrogen and oxygen atoms in total. The minimum atomic E-state index is -0.174. The Kier molecular flexibility index (Phi) is 6.30. The third kappa shape index (κ3) is 5.07. The van der Waals surface area contributed by atoms with Crippen LogP contribution in [0.15, 0.2) is 22.7 Å². The highest BCUT2D eigenvalue weighted by Gasteiger charge is 2.20. The van der Waals surface area contributed by atoms with Crippen LogP contribution in [0.25, 0.3) is 0 Å². The van der Waals surface area contributed by atoms with Gasteiger partial charge in [0.05, 0.1) is 4.47 Å². The number of nitrogens with one attached hydrogen (secondary N) is 1. The van der Waals surface area contributed by atoms with E-state index in [1.807, 2.05) is 6.07 Å². The summed E-state index contributed by atoms with van der Waals surface area (Å²) in [6.45, 7) is 8.73. The van der Waals surface area contributed by atoms with Gasteiger partial charge in [-0.2, -0.15) is 0 Å². The Morgan fingerprint density at radius 2 is 2.00 bits per heavy atom. The van der Waals surface area contributed by atoms with Gasteiger partial charge in [0.2, 0.25) is 0 Å². The molecule has 18 heavy (non-hydrogen) atoms. The fourth-order valence-electron chi connectivity index (χ4n) is 2.02. The van der Waals surface area contributed by atoms with Crippen molar-refractivity contribution in [1.82, 2.24) is 5.32 Å². The summed E-state index contributed by atoms with van der Waals surface area (Å²) in [7, 11) is 0. The van der Waals surface area contributed by atoms with Crippen molar-refractivity contribution in [3.05, 3.63) is 34.1 Å². The first kappa shape index (κ1) is 15.6. The minimum absolute atomic E-state index is 0.174. The zero-order chi connectivity index (χ0) is 13.6. The molecule has 0 aliphatic heterocycles. The largest absolute Gasteiger partial charge is 0.317 e. The molecule has 0 radical (unpaired) electrons. The van der Waals surface area contributed by atoms with Gasteiger partial charge in [0, 0.05) is 0 Å². The van der Waals surface area contributed by atoms with Crippen LogP contribution >= 0.6 is 15.9 Å². The van der Waals surface area contributed by atoms with Crippen molar-refractivity contribution in [2.45, 2.75) is 40.0 Å². The second-order valence-electron chi connectivity index (χ2n) is 5.55. The summed E-state index contributed by atoms with van der Waals surface area (Å²) in [4.78, 5) is 0. The summed E-state index contributed by atoms with van der Waals surface area (Å²) in [6.07, 6.45) is 3.14. The van der Waals surface area contributed by atoms with E-state index in [9.17, 15) is 4.39 Å². The van der Waals surface area contributed by atoms with E-state index in [2.05, 4.69) is 42.0 Å². The Morgan fingerprint density at radius 1 is 1.28 bits per heavy atom. The number of rotatable bonds is 7. The van der Waals surface area contributed by atoms with Crippen LogP contribution in [0.1, 0.15) is 39.2 Å². The molecule has 0 unspecified atom stereocenters. The van der Waals surface area contributed by atoms with E-state index in [1.54, 1.807) is 6.07 Å². The first-order valence-corrected chi connectivity index (χ1v) is 7.39. The van der Waals surface area contributed by atoms with Crippen LogP contribution in [0.2, 0.25) is 0 Å². The Morgan fingerprint density at radius 3 is 2.67 bits per heavy atom. The third-order valence-corrected chi connectivity index (χ3v) is 3.99. The van der Waals surface area contributed by atoms with Crippen LogP contribution in [0.3, 0.4) is 0 Å². The van der Waals surface area contributed by atoms with E-state index in [4.69, 9.17) is 0 Å². The van der Waals surface area contributed by atoms with Crippen LogP contribution in [0, 0.1) is 11.2 Å². The second-order valence-corrected chi connectivity index (χ2v) is 6.35. The fraction of sp³-hybridized carbons (Fsp3) is 0.600. The summed E-state index contributed by atoms with van der Waals surface area (Å²) >= 11 is 3.34. The number of hydrogen-bond acceptors (Lipinski definition) is 1. The Labute approximate surface area is 118 Å². The van der Waals surface area contributed by atoms with Crippen LogP contribution in [-0.4, -0.2) is 13.1 Å². The van der Waals surface area contributed by atoms with Crippen molar-refractivity contribution in [3.8, 4) is 0 Å². The van der Waals surface area contributed by atoms with Gasteiger partial charge in [0.1, 0.15) is 5.82 Å². The van der Waals surface area contributed by atoms with Crippen LogP contribution in [-0.2, 0) is 6.42 Å². The van der Waals surface area contributed by atoms with E-state index < -0.39 is 0 Å². The van der Waals surface area contributed by atoms with Gasteiger partial charge >= 0.3 is 0 Å².